The van der Waals surface area contributed by atoms with Crippen molar-refractivity contribution in [3.8, 4) is 5.75 Å². The number of para-hydroxylation sites is 1. The summed E-state index contributed by atoms with van der Waals surface area (Å²) < 4.78 is 16.8. The first-order valence-electron chi connectivity index (χ1n) is 10.8. The second-order valence-corrected chi connectivity index (χ2v) is 8.50. The molecule has 1 N–H and O–H groups in total. The number of aliphatic imine (C=N–C) groups is 1. The molecule has 164 valence electrons. The van der Waals surface area contributed by atoms with E-state index in [1.54, 1.807) is 7.11 Å². The van der Waals surface area contributed by atoms with Crippen molar-refractivity contribution in [3.05, 3.63) is 29.8 Å². The molecule has 0 aliphatic carbocycles. The van der Waals surface area contributed by atoms with Gasteiger partial charge in [-0.25, -0.2) is 4.99 Å². The Labute approximate surface area is 176 Å². The van der Waals surface area contributed by atoms with E-state index in [4.69, 9.17) is 19.2 Å². The molecule has 0 aromatic heterocycles. The third kappa shape index (κ3) is 7.86. The molecule has 1 aliphatic rings. The number of likely N-dealkylation sites (tertiary alicyclic amines) is 1. The zero-order valence-corrected chi connectivity index (χ0v) is 18.9. The van der Waals surface area contributed by atoms with Gasteiger partial charge in [0.25, 0.3) is 0 Å². The Morgan fingerprint density at radius 2 is 2.00 bits per heavy atom. The molecule has 6 heteroatoms. The first kappa shape index (κ1) is 23.5. The Balaban J connectivity index is 1.84. The maximum Gasteiger partial charge on any atom is 0.194 e. The van der Waals surface area contributed by atoms with Crippen LogP contribution in [-0.4, -0.2) is 70.6 Å². The first-order chi connectivity index (χ1) is 14.0. The predicted molar refractivity (Wildman–Crippen MR) is 119 cm³/mol. The molecular formula is C23H39N3O3. The second kappa shape index (κ2) is 12.0. The standard InChI is InChI=1S/C23H39N3O3/c1-6-24-22(26-13-11-19(17-26)18-28-16-15-27-5)25-12-14-29-21-10-8-7-9-20(21)23(2,3)4/h7-10,19H,6,11-18H2,1-5H3,(H,24,25). The number of nitrogens with zero attached hydrogens (tertiary/aromatic N) is 2. The Bertz CT molecular complexity index is 628. The van der Waals surface area contributed by atoms with Gasteiger partial charge in [0.2, 0.25) is 0 Å². The van der Waals surface area contributed by atoms with E-state index >= 15 is 0 Å². The van der Waals surface area contributed by atoms with Crippen molar-refractivity contribution in [2.45, 2.75) is 39.5 Å². The minimum absolute atomic E-state index is 0.0602. The number of rotatable bonds is 10. The summed E-state index contributed by atoms with van der Waals surface area (Å²) in [4.78, 5) is 7.12. The van der Waals surface area contributed by atoms with E-state index in [9.17, 15) is 0 Å². The molecule has 1 fully saturated rings. The highest BCUT2D eigenvalue weighted by molar-refractivity contribution is 5.80. The van der Waals surface area contributed by atoms with Gasteiger partial charge in [0.1, 0.15) is 12.4 Å². The summed E-state index contributed by atoms with van der Waals surface area (Å²) in [6.07, 6.45) is 1.13. The molecule has 1 saturated heterocycles. The summed E-state index contributed by atoms with van der Waals surface area (Å²) in [5.74, 6) is 2.47. The summed E-state index contributed by atoms with van der Waals surface area (Å²) in [5, 5.41) is 3.42. The molecule has 1 unspecified atom stereocenters. The van der Waals surface area contributed by atoms with Crippen LogP contribution in [0.3, 0.4) is 0 Å². The zero-order valence-electron chi connectivity index (χ0n) is 18.9. The van der Waals surface area contributed by atoms with Crippen molar-refractivity contribution in [1.29, 1.82) is 0 Å². The number of methoxy groups -OCH3 is 1. The van der Waals surface area contributed by atoms with E-state index in [1.807, 2.05) is 12.1 Å². The van der Waals surface area contributed by atoms with Gasteiger partial charge in [0, 0.05) is 32.7 Å². The van der Waals surface area contributed by atoms with Crippen molar-refractivity contribution < 1.29 is 14.2 Å². The number of guanidine groups is 1. The number of hydrogen-bond donors (Lipinski definition) is 1. The average molecular weight is 406 g/mol. The van der Waals surface area contributed by atoms with Gasteiger partial charge in [0.05, 0.1) is 26.4 Å². The van der Waals surface area contributed by atoms with E-state index in [0.717, 1.165) is 44.4 Å². The molecule has 6 nitrogen and oxygen atoms in total. The topological polar surface area (TPSA) is 55.3 Å². The highest BCUT2D eigenvalue weighted by Gasteiger charge is 2.25. The van der Waals surface area contributed by atoms with Gasteiger partial charge in [-0.2, -0.15) is 0 Å². The van der Waals surface area contributed by atoms with Crippen LogP contribution in [0.25, 0.3) is 0 Å². The third-order valence-electron chi connectivity index (χ3n) is 5.01. The van der Waals surface area contributed by atoms with E-state index in [0.29, 0.717) is 32.3 Å². The summed E-state index contributed by atoms with van der Waals surface area (Å²) in [7, 11) is 1.70. The van der Waals surface area contributed by atoms with Crippen LogP contribution in [0.4, 0.5) is 0 Å². The van der Waals surface area contributed by atoms with Gasteiger partial charge in [-0.3, -0.25) is 0 Å². The predicted octanol–water partition coefficient (Wildman–Crippen LogP) is 3.31. The lowest BCUT2D eigenvalue weighted by Gasteiger charge is -2.23. The highest BCUT2D eigenvalue weighted by Crippen LogP contribution is 2.30. The zero-order chi connectivity index (χ0) is 21.1. The van der Waals surface area contributed by atoms with Gasteiger partial charge in [-0.05, 0) is 30.4 Å². The van der Waals surface area contributed by atoms with Crippen LogP contribution in [0, 0.1) is 5.92 Å². The fraction of sp³-hybridized carbons (Fsp3) is 0.696. The molecule has 1 aromatic rings. The number of ether oxygens (including phenoxy) is 3. The molecular weight excluding hydrogens is 366 g/mol. The first-order valence-corrected chi connectivity index (χ1v) is 10.8. The van der Waals surface area contributed by atoms with Crippen molar-refractivity contribution in [2.24, 2.45) is 10.9 Å². The molecule has 1 heterocycles. The monoisotopic (exact) mass is 405 g/mol. The Kier molecular flexibility index (Phi) is 9.74. The minimum Gasteiger partial charge on any atom is -0.491 e. The van der Waals surface area contributed by atoms with E-state index in [-0.39, 0.29) is 5.41 Å². The fourth-order valence-corrected chi connectivity index (χ4v) is 3.50. The SMILES string of the molecule is CCNC(=NCCOc1ccccc1C(C)(C)C)N1CCC(COCCOC)C1. The molecule has 0 saturated carbocycles. The molecule has 0 bridgehead atoms. The quantitative estimate of drug-likeness (QED) is 0.368. The van der Waals surface area contributed by atoms with Crippen LogP contribution in [0.1, 0.15) is 39.7 Å². The highest BCUT2D eigenvalue weighted by atomic mass is 16.5. The molecule has 1 aromatic carbocycles. The molecule has 2 rings (SSSR count). The van der Waals surface area contributed by atoms with Crippen LogP contribution in [-0.2, 0) is 14.9 Å². The van der Waals surface area contributed by atoms with Crippen LogP contribution in [0.15, 0.2) is 29.3 Å². The lowest BCUT2D eigenvalue weighted by molar-refractivity contribution is 0.0536. The lowest BCUT2D eigenvalue weighted by atomic mass is 9.86. The molecule has 1 aliphatic heterocycles. The Hall–Kier alpha value is -1.79. The lowest BCUT2D eigenvalue weighted by Crippen LogP contribution is -2.40. The molecule has 1 atom stereocenters. The molecule has 0 spiro atoms. The summed E-state index contributed by atoms with van der Waals surface area (Å²) >= 11 is 0. The number of hydrogen-bond acceptors (Lipinski definition) is 4. The van der Waals surface area contributed by atoms with Crippen LogP contribution in [0.2, 0.25) is 0 Å². The van der Waals surface area contributed by atoms with Crippen LogP contribution >= 0.6 is 0 Å². The second-order valence-electron chi connectivity index (χ2n) is 8.50. The third-order valence-corrected chi connectivity index (χ3v) is 5.01. The molecule has 0 radical (unpaired) electrons. The maximum absolute atomic E-state index is 6.07. The average Bonchev–Trinajstić information content (AvgIpc) is 3.16. The fourth-order valence-electron chi connectivity index (χ4n) is 3.50. The Morgan fingerprint density at radius 1 is 1.21 bits per heavy atom. The molecule has 0 amide bonds. The van der Waals surface area contributed by atoms with Crippen molar-refractivity contribution >= 4 is 5.96 Å². The van der Waals surface area contributed by atoms with Gasteiger partial charge in [0.15, 0.2) is 5.96 Å². The summed E-state index contributed by atoms with van der Waals surface area (Å²) in [6, 6.07) is 8.28. The van der Waals surface area contributed by atoms with Crippen molar-refractivity contribution in [1.82, 2.24) is 10.2 Å². The van der Waals surface area contributed by atoms with Crippen molar-refractivity contribution in [3.63, 3.8) is 0 Å². The largest absolute Gasteiger partial charge is 0.491 e. The van der Waals surface area contributed by atoms with E-state index < -0.39 is 0 Å². The number of benzene rings is 1. The maximum atomic E-state index is 6.07. The normalized spacial score (nSPS) is 17.6. The smallest absolute Gasteiger partial charge is 0.194 e. The van der Waals surface area contributed by atoms with E-state index in [1.165, 1.54) is 5.56 Å². The van der Waals surface area contributed by atoms with Gasteiger partial charge >= 0.3 is 0 Å². The minimum atomic E-state index is 0.0602. The van der Waals surface area contributed by atoms with Gasteiger partial charge in [-0.1, -0.05) is 39.0 Å². The van der Waals surface area contributed by atoms with Crippen LogP contribution < -0.4 is 10.1 Å². The Morgan fingerprint density at radius 3 is 2.72 bits per heavy atom. The van der Waals surface area contributed by atoms with Gasteiger partial charge < -0.3 is 24.4 Å². The van der Waals surface area contributed by atoms with Crippen molar-refractivity contribution in [2.75, 3.05) is 59.7 Å². The molecule has 29 heavy (non-hydrogen) atoms. The van der Waals surface area contributed by atoms with E-state index in [2.05, 4.69) is 50.0 Å². The number of nitrogens with one attached hydrogen (secondary N) is 1. The summed E-state index contributed by atoms with van der Waals surface area (Å²) in [6.45, 7) is 14.9. The van der Waals surface area contributed by atoms with Gasteiger partial charge in [-0.15, -0.1) is 0 Å². The summed E-state index contributed by atoms with van der Waals surface area (Å²) in [5.41, 5.74) is 1.29. The van der Waals surface area contributed by atoms with Crippen LogP contribution in [0.5, 0.6) is 5.75 Å².